The van der Waals surface area contributed by atoms with Crippen LogP contribution in [0.1, 0.15) is 10.7 Å². The minimum atomic E-state index is -0.144. The van der Waals surface area contributed by atoms with Crippen LogP contribution in [0, 0.1) is 0 Å². The Balaban J connectivity index is 1.42. The first-order chi connectivity index (χ1) is 12.3. The smallest absolute Gasteiger partial charge is 0.309 e. The molecule has 0 unspecified atom stereocenters. The lowest BCUT2D eigenvalue weighted by molar-refractivity contribution is 0.0707. The summed E-state index contributed by atoms with van der Waals surface area (Å²) in [6, 6.07) is 19.9. The van der Waals surface area contributed by atoms with Gasteiger partial charge in [-0.15, -0.1) is 0 Å². The molecule has 0 bridgehead atoms. The largest absolute Gasteiger partial charge is 0.432 e. The van der Waals surface area contributed by atoms with E-state index in [1.165, 1.54) is 5.69 Å². The summed E-state index contributed by atoms with van der Waals surface area (Å²) in [6.07, 6.45) is 1.61. The van der Waals surface area contributed by atoms with E-state index in [0.717, 1.165) is 18.7 Å². The van der Waals surface area contributed by atoms with Gasteiger partial charge in [-0.2, -0.15) is 0 Å². The molecule has 1 fully saturated rings. The Kier molecular flexibility index (Phi) is 4.21. The monoisotopic (exact) mass is 333 g/mol. The summed E-state index contributed by atoms with van der Waals surface area (Å²) in [6.45, 7) is 2.94. The molecule has 1 amide bonds. The Morgan fingerprint density at radius 2 is 1.52 bits per heavy atom. The summed E-state index contributed by atoms with van der Waals surface area (Å²) < 4.78 is 5.68. The van der Waals surface area contributed by atoms with Gasteiger partial charge in [0.2, 0.25) is 0 Å². The maximum atomic E-state index is 12.6. The topological polar surface area (TPSA) is 49.6 Å². The average Bonchev–Trinajstić information content (AvgIpc) is 3.19. The van der Waals surface area contributed by atoms with Crippen LogP contribution in [0.15, 0.2) is 71.3 Å². The van der Waals surface area contributed by atoms with Gasteiger partial charge in [0.1, 0.15) is 0 Å². The molecular formula is C20H19N3O2. The predicted octanol–water partition coefficient (Wildman–Crippen LogP) is 3.30. The normalized spacial score (nSPS) is 14.6. The Labute approximate surface area is 146 Å². The van der Waals surface area contributed by atoms with E-state index >= 15 is 0 Å². The highest BCUT2D eigenvalue weighted by molar-refractivity contribution is 5.90. The fourth-order valence-corrected chi connectivity index (χ4v) is 3.05. The van der Waals surface area contributed by atoms with Crippen molar-refractivity contribution in [3.63, 3.8) is 0 Å². The van der Waals surface area contributed by atoms with Crippen LogP contribution in [-0.2, 0) is 0 Å². The zero-order valence-electron chi connectivity index (χ0n) is 13.8. The maximum absolute atomic E-state index is 12.6. The van der Waals surface area contributed by atoms with Crippen LogP contribution in [0.2, 0.25) is 0 Å². The van der Waals surface area contributed by atoms with E-state index in [9.17, 15) is 4.79 Å². The highest BCUT2D eigenvalue weighted by atomic mass is 16.4. The van der Waals surface area contributed by atoms with Crippen LogP contribution in [0.25, 0.3) is 11.3 Å². The molecule has 0 N–H and O–H groups in total. The molecule has 1 aromatic heterocycles. The molecule has 5 nitrogen and oxygen atoms in total. The highest BCUT2D eigenvalue weighted by Gasteiger charge is 2.25. The Hall–Kier alpha value is -3.08. The van der Waals surface area contributed by atoms with Gasteiger partial charge in [0, 0.05) is 37.4 Å². The number of hydrogen-bond acceptors (Lipinski definition) is 4. The molecule has 0 saturated carbocycles. The molecular weight excluding hydrogens is 314 g/mol. The van der Waals surface area contributed by atoms with Crippen molar-refractivity contribution in [2.24, 2.45) is 0 Å². The standard InChI is InChI=1S/C20H19N3O2/c24-20(19-21-15-18(25-19)16-7-3-1-4-8-16)23-13-11-22(12-14-23)17-9-5-2-6-10-17/h1-10,15H,11-14H2. The van der Waals surface area contributed by atoms with Crippen LogP contribution in [0.4, 0.5) is 5.69 Å². The van der Waals surface area contributed by atoms with Crippen molar-refractivity contribution in [3.05, 3.63) is 72.8 Å². The lowest BCUT2D eigenvalue weighted by atomic mass is 10.2. The average molecular weight is 333 g/mol. The van der Waals surface area contributed by atoms with E-state index in [0.29, 0.717) is 18.8 Å². The molecule has 0 radical (unpaired) electrons. The number of oxazole rings is 1. The summed E-state index contributed by atoms with van der Waals surface area (Å²) in [4.78, 5) is 20.9. The Morgan fingerprint density at radius 1 is 0.880 bits per heavy atom. The van der Waals surface area contributed by atoms with E-state index in [1.807, 2.05) is 48.5 Å². The number of nitrogens with zero attached hydrogens (tertiary/aromatic N) is 3. The van der Waals surface area contributed by atoms with E-state index < -0.39 is 0 Å². The number of amides is 1. The van der Waals surface area contributed by atoms with Crippen LogP contribution in [-0.4, -0.2) is 42.0 Å². The van der Waals surface area contributed by atoms with Crippen molar-refractivity contribution in [1.82, 2.24) is 9.88 Å². The SMILES string of the molecule is O=C(c1ncc(-c2ccccc2)o1)N1CCN(c2ccccc2)CC1. The molecule has 25 heavy (non-hydrogen) atoms. The Morgan fingerprint density at radius 3 is 2.20 bits per heavy atom. The molecule has 5 heteroatoms. The number of anilines is 1. The quantitative estimate of drug-likeness (QED) is 0.738. The molecule has 126 valence electrons. The van der Waals surface area contributed by atoms with Gasteiger partial charge in [-0.1, -0.05) is 48.5 Å². The van der Waals surface area contributed by atoms with Crippen molar-refractivity contribution in [3.8, 4) is 11.3 Å². The van der Waals surface area contributed by atoms with Crippen LogP contribution < -0.4 is 4.90 Å². The van der Waals surface area contributed by atoms with E-state index in [4.69, 9.17) is 4.42 Å². The van der Waals surface area contributed by atoms with Gasteiger partial charge >= 0.3 is 5.91 Å². The first kappa shape index (κ1) is 15.4. The first-order valence-electron chi connectivity index (χ1n) is 8.42. The fraction of sp³-hybridized carbons (Fsp3) is 0.200. The number of rotatable bonds is 3. The summed E-state index contributed by atoms with van der Waals surface area (Å²) >= 11 is 0. The molecule has 4 rings (SSSR count). The minimum Gasteiger partial charge on any atom is -0.432 e. The van der Waals surface area contributed by atoms with Gasteiger partial charge in [0.25, 0.3) is 5.89 Å². The van der Waals surface area contributed by atoms with Gasteiger partial charge in [-0.3, -0.25) is 4.79 Å². The number of benzene rings is 2. The molecule has 0 spiro atoms. The third kappa shape index (κ3) is 3.26. The maximum Gasteiger partial charge on any atom is 0.309 e. The first-order valence-corrected chi connectivity index (χ1v) is 8.42. The van der Waals surface area contributed by atoms with Gasteiger partial charge in [-0.05, 0) is 12.1 Å². The number of carbonyl (C=O) groups excluding carboxylic acids is 1. The van der Waals surface area contributed by atoms with Crippen molar-refractivity contribution in [1.29, 1.82) is 0 Å². The summed E-state index contributed by atoms with van der Waals surface area (Å²) in [7, 11) is 0. The van der Waals surface area contributed by atoms with Gasteiger partial charge < -0.3 is 14.2 Å². The minimum absolute atomic E-state index is 0.144. The number of piperazine rings is 1. The zero-order valence-corrected chi connectivity index (χ0v) is 13.8. The van der Waals surface area contributed by atoms with Crippen LogP contribution >= 0.6 is 0 Å². The molecule has 0 atom stereocenters. The second-order valence-electron chi connectivity index (χ2n) is 6.01. The number of hydrogen-bond donors (Lipinski definition) is 0. The van der Waals surface area contributed by atoms with E-state index in [-0.39, 0.29) is 11.8 Å². The second-order valence-corrected chi connectivity index (χ2v) is 6.01. The van der Waals surface area contributed by atoms with E-state index in [2.05, 4.69) is 22.0 Å². The van der Waals surface area contributed by atoms with Gasteiger partial charge in [-0.25, -0.2) is 4.98 Å². The second kappa shape index (κ2) is 6.81. The number of aromatic nitrogens is 1. The molecule has 1 aliphatic heterocycles. The molecule has 2 aromatic carbocycles. The lowest BCUT2D eigenvalue weighted by Gasteiger charge is -2.35. The summed E-state index contributed by atoms with van der Waals surface area (Å²) in [5, 5.41) is 0. The lowest BCUT2D eigenvalue weighted by Crippen LogP contribution is -2.48. The molecule has 3 aromatic rings. The third-order valence-corrected chi connectivity index (χ3v) is 4.44. The van der Waals surface area contributed by atoms with Crippen molar-refractivity contribution in [2.45, 2.75) is 0 Å². The predicted molar refractivity (Wildman–Crippen MR) is 96.5 cm³/mol. The van der Waals surface area contributed by atoms with Crippen molar-refractivity contribution in [2.75, 3.05) is 31.1 Å². The zero-order chi connectivity index (χ0) is 17.1. The summed E-state index contributed by atoms with van der Waals surface area (Å²) in [5.74, 6) is 0.633. The Bertz CT molecular complexity index is 838. The van der Waals surface area contributed by atoms with Crippen molar-refractivity contribution < 1.29 is 9.21 Å². The van der Waals surface area contributed by atoms with Crippen LogP contribution in [0.5, 0.6) is 0 Å². The molecule has 1 aliphatic rings. The van der Waals surface area contributed by atoms with Crippen LogP contribution in [0.3, 0.4) is 0 Å². The molecule has 2 heterocycles. The number of para-hydroxylation sites is 1. The van der Waals surface area contributed by atoms with Gasteiger partial charge in [0.05, 0.1) is 6.20 Å². The van der Waals surface area contributed by atoms with E-state index in [1.54, 1.807) is 11.1 Å². The summed E-state index contributed by atoms with van der Waals surface area (Å²) in [5.41, 5.74) is 2.11. The van der Waals surface area contributed by atoms with Crippen molar-refractivity contribution >= 4 is 11.6 Å². The highest BCUT2D eigenvalue weighted by Crippen LogP contribution is 2.21. The third-order valence-electron chi connectivity index (χ3n) is 4.44. The fourth-order valence-electron chi connectivity index (χ4n) is 3.05. The molecule has 0 aliphatic carbocycles. The number of carbonyl (C=O) groups is 1. The molecule has 1 saturated heterocycles. The van der Waals surface area contributed by atoms with Gasteiger partial charge in [0.15, 0.2) is 5.76 Å².